The van der Waals surface area contributed by atoms with Gasteiger partial charge in [0, 0.05) is 16.8 Å². The molecule has 31 heavy (non-hydrogen) atoms. The second-order valence-corrected chi connectivity index (χ2v) is 7.70. The summed E-state index contributed by atoms with van der Waals surface area (Å²) in [6.45, 7) is 0. The third kappa shape index (κ3) is 3.90. The van der Waals surface area contributed by atoms with Gasteiger partial charge in [-0.05, 0) is 29.8 Å². The van der Waals surface area contributed by atoms with Gasteiger partial charge in [0.1, 0.15) is 22.5 Å². The molecular formula is C22H15N5O3S. The van der Waals surface area contributed by atoms with Crippen molar-refractivity contribution in [1.29, 1.82) is 0 Å². The van der Waals surface area contributed by atoms with Crippen LogP contribution in [0.4, 0.5) is 5.69 Å². The second kappa shape index (κ2) is 8.04. The number of aromatic amines is 1. The van der Waals surface area contributed by atoms with Gasteiger partial charge in [-0.15, -0.1) is 11.8 Å². The Bertz CT molecular complexity index is 1480. The monoisotopic (exact) mass is 429 g/mol. The van der Waals surface area contributed by atoms with Gasteiger partial charge >= 0.3 is 5.63 Å². The number of amides is 1. The van der Waals surface area contributed by atoms with Gasteiger partial charge < -0.3 is 9.73 Å². The lowest BCUT2D eigenvalue weighted by atomic mass is 10.1. The molecule has 0 unspecified atom stereocenters. The predicted molar refractivity (Wildman–Crippen MR) is 118 cm³/mol. The molecule has 3 aromatic heterocycles. The number of rotatable bonds is 5. The van der Waals surface area contributed by atoms with Crippen molar-refractivity contribution in [3.8, 4) is 0 Å². The Balaban J connectivity index is 1.33. The summed E-state index contributed by atoms with van der Waals surface area (Å²) in [5.41, 5.74) is 2.00. The van der Waals surface area contributed by atoms with Crippen LogP contribution >= 0.6 is 11.8 Å². The molecule has 2 N–H and O–H groups in total. The van der Waals surface area contributed by atoms with Crippen LogP contribution in [0.1, 0.15) is 15.9 Å². The highest BCUT2D eigenvalue weighted by Crippen LogP contribution is 2.27. The lowest BCUT2D eigenvalue weighted by Gasteiger charge is -2.08. The van der Waals surface area contributed by atoms with Crippen molar-refractivity contribution in [3.63, 3.8) is 0 Å². The summed E-state index contributed by atoms with van der Waals surface area (Å²) < 4.78 is 5.25. The average Bonchev–Trinajstić information content (AvgIpc) is 3.27. The molecule has 8 nitrogen and oxygen atoms in total. The van der Waals surface area contributed by atoms with Gasteiger partial charge in [0.2, 0.25) is 0 Å². The SMILES string of the molecule is O=C(Nc1cccc(CSc2ncnc3[nH]ncc23)c1)c1cc2ccccc2oc1=O. The van der Waals surface area contributed by atoms with E-state index in [9.17, 15) is 9.59 Å². The Morgan fingerprint density at radius 3 is 2.94 bits per heavy atom. The molecule has 3 heterocycles. The van der Waals surface area contributed by atoms with Crippen molar-refractivity contribution in [2.24, 2.45) is 0 Å². The lowest BCUT2D eigenvalue weighted by molar-refractivity contribution is 0.102. The first-order valence-corrected chi connectivity index (χ1v) is 10.4. The zero-order valence-electron chi connectivity index (χ0n) is 16.0. The Hall–Kier alpha value is -3.98. The molecule has 0 spiro atoms. The van der Waals surface area contributed by atoms with Crippen LogP contribution < -0.4 is 10.9 Å². The molecule has 0 bridgehead atoms. The van der Waals surface area contributed by atoms with Crippen molar-refractivity contribution in [1.82, 2.24) is 20.2 Å². The number of anilines is 1. The number of nitrogens with one attached hydrogen (secondary N) is 2. The van der Waals surface area contributed by atoms with E-state index in [-0.39, 0.29) is 5.56 Å². The maximum Gasteiger partial charge on any atom is 0.349 e. The molecule has 9 heteroatoms. The van der Waals surface area contributed by atoms with E-state index in [1.807, 2.05) is 24.3 Å². The van der Waals surface area contributed by atoms with Gasteiger partial charge in [-0.1, -0.05) is 30.3 Å². The molecule has 0 fully saturated rings. The summed E-state index contributed by atoms with van der Waals surface area (Å²) in [4.78, 5) is 33.4. The van der Waals surface area contributed by atoms with Gasteiger partial charge in [-0.3, -0.25) is 9.89 Å². The lowest BCUT2D eigenvalue weighted by Crippen LogP contribution is -2.20. The van der Waals surface area contributed by atoms with Gasteiger partial charge in [0.25, 0.3) is 5.91 Å². The van der Waals surface area contributed by atoms with E-state index in [2.05, 4.69) is 25.5 Å². The van der Waals surface area contributed by atoms with E-state index in [4.69, 9.17) is 4.42 Å². The van der Waals surface area contributed by atoms with E-state index in [1.165, 1.54) is 6.33 Å². The molecule has 0 atom stereocenters. The third-order valence-corrected chi connectivity index (χ3v) is 5.73. The summed E-state index contributed by atoms with van der Waals surface area (Å²) in [5, 5.41) is 12.0. The van der Waals surface area contributed by atoms with Crippen molar-refractivity contribution in [2.75, 3.05) is 5.32 Å². The number of carbonyl (C=O) groups is 1. The van der Waals surface area contributed by atoms with Crippen LogP contribution in [-0.4, -0.2) is 26.1 Å². The topological polar surface area (TPSA) is 114 Å². The number of H-pyrrole nitrogens is 1. The van der Waals surface area contributed by atoms with Crippen LogP contribution in [0.3, 0.4) is 0 Å². The van der Waals surface area contributed by atoms with Crippen LogP contribution in [0, 0.1) is 0 Å². The average molecular weight is 429 g/mol. The zero-order chi connectivity index (χ0) is 21.2. The third-order valence-electron chi connectivity index (χ3n) is 4.66. The maximum atomic E-state index is 12.7. The molecule has 2 aromatic carbocycles. The largest absolute Gasteiger partial charge is 0.422 e. The Morgan fingerprint density at radius 1 is 1.10 bits per heavy atom. The molecule has 0 aliphatic carbocycles. The summed E-state index contributed by atoms with van der Waals surface area (Å²) in [5.74, 6) is 0.124. The van der Waals surface area contributed by atoms with E-state index >= 15 is 0 Å². The van der Waals surface area contributed by atoms with Gasteiger partial charge in [0.05, 0.1) is 11.6 Å². The number of fused-ring (bicyclic) bond motifs is 2. The number of para-hydroxylation sites is 1. The number of hydrogen-bond donors (Lipinski definition) is 2. The first-order valence-electron chi connectivity index (χ1n) is 9.37. The number of thioether (sulfide) groups is 1. The molecule has 0 aliphatic rings. The van der Waals surface area contributed by atoms with E-state index < -0.39 is 11.5 Å². The Labute approximate surface area is 179 Å². The van der Waals surface area contributed by atoms with Gasteiger partial charge in [-0.2, -0.15) is 5.10 Å². The summed E-state index contributed by atoms with van der Waals surface area (Å²) in [7, 11) is 0. The molecule has 0 aliphatic heterocycles. The Morgan fingerprint density at radius 2 is 2.00 bits per heavy atom. The van der Waals surface area contributed by atoms with Gasteiger partial charge in [0.15, 0.2) is 5.65 Å². The van der Waals surface area contributed by atoms with Crippen LogP contribution in [0.2, 0.25) is 0 Å². The fraction of sp³-hybridized carbons (Fsp3) is 0.0455. The molecule has 152 valence electrons. The highest BCUT2D eigenvalue weighted by Gasteiger charge is 2.14. The number of aromatic nitrogens is 4. The van der Waals surface area contributed by atoms with E-state index in [1.54, 1.807) is 48.3 Å². The number of carbonyl (C=O) groups excluding carboxylic acids is 1. The maximum absolute atomic E-state index is 12.7. The smallest absolute Gasteiger partial charge is 0.349 e. The van der Waals surface area contributed by atoms with Gasteiger partial charge in [-0.25, -0.2) is 14.8 Å². The van der Waals surface area contributed by atoms with E-state index in [0.29, 0.717) is 28.1 Å². The first kappa shape index (κ1) is 19.0. The fourth-order valence-electron chi connectivity index (χ4n) is 3.17. The van der Waals surface area contributed by atoms with Crippen LogP contribution in [0.15, 0.2) is 81.4 Å². The molecule has 0 radical (unpaired) electrons. The summed E-state index contributed by atoms with van der Waals surface area (Å²) in [6, 6.07) is 16.1. The van der Waals surface area contributed by atoms with Crippen LogP contribution in [0.5, 0.6) is 0 Å². The highest BCUT2D eigenvalue weighted by molar-refractivity contribution is 7.98. The van der Waals surface area contributed by atoms with Crippen molar-refractivity contribution >= 4 is 45.4 Å². The summed E-state index contributed by atoms with van der Waals surface area (Å²) in [6.07, 6.45) is 3.19. The first-order chi connectivity index (χ1) is 15.2. The number of benzene rings is 2. The normalized spacial score (nSPS) is 11.1. The molecule has 5 rings (SSSR count). The van der Waals surface area contributed by atoms with Crippen molar-refractivity contribution in [3.05, 3.63) is 88.7 Å². The van der Waals surface area contributed by atoms with Crippen LogP contribution in [0.25, 0.3) is 22.0 Å². The highest BCUT2D eigenvalue weighted by atomic mass is 32.2. The predicted octanol–water partition coefficient (Wildman–Crippen LogP) is 4.00. The van der Waals surface area contributed by atoms with E-state index in [0.717, 1.165) is 16.0 Å². The Kier molecular flexibility index (Phi) is 4.93. The number of nitrogens with zero attached hydrogens (tertiary/aromatic N) is 3. The number of hydrogen-bond acceptors (Lipinski definition) is 7. The molecule has 1 amide bonds. The minimum absolute atomic E-state index is 0.0400. The van der Waals surface area contributed by atoms with Crippen molar-refractivity contribution in [2.45, 2.75) is 10.8 Å². The minimum atomic E-state index is -0.671. The standard InChI is InChI=1S/C22H15N5O3S/c28-20(16-9-14-5-1-2-7-18(14)30-22(16)29)26-15-6-3-4-13(8-15)11-31-21-17-10-25-27-19(17)23-12-24-21/h1-10,12H,11H2,(H,26,28)(H,23,24,25,27). The second-order valence-electron chi connectivity index (χ2n) is 6.74. The molecular weight excluding hydrogens is 414 g/mol. The fourth-order valence-corrected chi connectivity index (χ4v) is 4.08. The van der Waals surface area contributed by atoms with Crippen molar-refractivity contribution < 1.29 is 9.21 Å². The molecule has 5 aromatic rings. The minimum Gasteiger partial charge on any atom is -0.422 e. The molecule has 0 saturated carbocycles. The molecule has 0 saturated heterocycles. The zero-order valence-corrected chi connectivity index (χ0v) is 16.8. The summed E-state index contributed by atoms with van der Waals surface area (Å²) >= 11 is 1.55. The quantitative estimate of drug-likeness (QED) is 0.246. The van der Waals surface area contributed by atoms with Crippen LogP contribution in [-0.2, 0) is 5.75 Å².